The highest BCUT2D eigenvalue weighted by molar-refractivity contribution is 5.86. The molecule has 29 heavy (non-hydrogen) atoms. The second-order valence-electron chi connectivity index (χ2n) is 6.44. The number of H-pyrrole nitrogens is 1. The molecule has 0 aliphatic rings. The van der Waals surface area contributed by atoms with Crippen LogP contribution >= 0.6 is 0 Å². The largest absolute Gasteiger partial charge is 0.480 e. The van der Waals surface area contributed by atoms with Gasteiger partial charge in [-0.25, -0.2) is 14.2 Å². The van der Waals surface area contributed by atoms with E-state index in [4.69, 9.17) is 5.11 Å². The van der Waals surface area contributed by atoms with Crippen molar-refractivity contribution in [3.8, 4) is 0 Å². The Labute approximate surface area is 164 Å². The molecule has 2 atom stereocenters. The highest BCUT2D eigenvalue weighted by Gasteiger charge is 2.29. The Morgan fingerprint density at radius 1 is 1.03 bits per heavy atom. The molecule has 0 aliphatic carbocycles. The number of amides is 1. The normalized spacial score (nSPS) is 13.0. The van der Waals surface area contributed by atoms with Gasteiger partial charge in [0.15, 0.2) is 0 Å². The number of fused-ring (bicyclic) bond motifs is 1. The van der Waals surface area contributed by atoms with Crippen molar-refractivity contribution in [1.82, 2.24) is 14.9 Å². The van der Waals surface area contributed by atoms with Crippen molar-refractivity contribution in [2.24, 2.45) is 0 Å². The molecular weight excluding hydrogens is 378 g/mol. The minimum atomic E-state index is -1.56. The van der Waals surface area contributed by atoms with Gasteiger partial charge in [0.05, 0.1) is 17.5 Å². The van der Waals surface area contributed by atoms with Crippen LogP contribution in [0.25, 0.3) is 10.9 Å². The lowest BCUT2D eigenvalue weighted by Crippen LogP contribution is -2.50. The minimum absolute atomic E-state index is 0.0221. The Morgan fingerprint density at radius 3 is 2.34 bits per heavy atom. The third-order valence-corrected chi connectivity index (χ3v) is 4.52. The molecule has 1 heterocycles. The summed E-state index contributed by atoms with van der Waals surface area (Å²) in [5, 5.41) is 20.7. The topological polar surface area (TPSA) is 141 Å². The molecule has 2 aromatic carbocycles. The fourth-order valence-electron chi connectivity index (χ4n) is 3.05. The number of aliphatic carboxylic acids is 1. The molecular formula is C20H19N3O6. The second-order valence-corrected chi connectivity index (χ2v) is 6.44. The number of nitrogens with one attached hydrogen (secondary N) is 2. The maximum absolute atomic E-state index is 13.0. The van der Waals surface area contributed by atoms with Gasteiger partial charge in [0, 0.05) is 6.42 Å². The van der Waals surface area contributed by atoms with E-state index in [9.17, 15) is 24.3 Å². The number of para-hydroxylation sites is 1. The summed E-state index contributed by atoms with van der Waals surface area (Å²) in [7, 11) is 0. The Balaban J connectivity index is 2.11. The molecule has 0 radical (unpaired) electrons. The van der Waals surface area contributed by atoms with Crippen molar-refractivity contribution in [2.45, 2.75) is 18.5 Å². The SMILES string of the molecule is O=C(O)C(CO)NC(=O)C(Cc1ccccc1)n1c(=O)[nH]c2ccccc2c1=O. The zero-order chi connectivity index (χ0) is 21.0. The first-order valence-electron chi connectivity index (χ1n) is 8.84. The molecule has 150 valence electrons. The monoisotopic (exact) mass is 397 g/mol. The summed E-state index contributed by atoms with van der Waals surface area (Å²) in [5.74, 6) is -2.29. The number of carbonyl (C=O) groups excluding carboxylic acids is 1. The van der Waals surface area contributed by atoms with E-state index in [1.807, 2.05) is 0 Å². The molecule has 4 N–H and O–H groups in total. The number of nitrogens with zero attached hydrogens (tertiary/aromatic N) is 1. The average molecular weight is 397 g/mol. The Hall–Kier alpha value is -3.72. The van der Waals surface area contributed by atoms with Gasteiger partial charge >= 0.3 is 11.7 Å². The predicted octanol–water partition coefficient (Wildman–Crippen LogP) is 0.0353. The van der Waals surface area contributed by atoms with Crippen molar-refractivity contribution in [3.05, 3.63) is 81.0 Å². The molecule has 0 fully saturated rings. The molecule has 0 saturated heterocycles. The van der Waals surface area contributed by atoms with E-state index < -0.39 is 41.8 Å². The van der Waals surface area contributed by atoms with Crippen molar-refractivity contribution in [2.75, 3.05) is 6.61 Å². The summed E-state index contributed by atoms with van der Waals surface area (Å²) in [6, 6.07) is 12.2. The van der Waals surface area contributed by atoms with Crippen LogP contribution in [0, 0.1) is 0 Å². The van der Waals surface area contributed by atoms with Crippen LogP contribution in [0.5, 0.6) is 0 Å². The molecule has 9 nitrogen and oxygen atoms in total. The van der Waals surface area contributed by atoms with Crippen molar-refractivity contribution in [1.29, 1.82) is 0 Å². The van der Waals surface area contributed by atoms with Crippen LogP contribution in [0.1, 0.15) is 11.6 Å². The number of aromatic amines is 1. The standard InChI is InChI=1S/C20H19N3O6/c24-11-15(19(27)28)21-17(25)16(10-12-6-2-1-3-7-12)23-18(26)13-8-4-5-9-14(13)22-20(23)29/h1-9,15-16,24H,10-11H2,(H,21,25)(H,22,29)(H,27,28). The lowest BCUT2D eigenvalue weighted by molar-refractivity contribution is -0.143. The van der Waals surface area contributed by atoms with Crippen LogP contribution in [0.4, 0.5) is 0 Å². The summed E-state index contributed by atoms with van der Waals surface area (Å²) in [6.07, 6.45) is -0.0221. The van der Waals surface area contributed by atoms with E-state index in [-0.39, 0.29) is 11.8 Å². The van der Waals surface area contributed by atoms with Crippen molar-refractivity contribution < 1.29 is 19.8 Å². The summed E-state index contributed by atoms with van der Waals surface area (Å²) in [4.78, 5) is 52.2. The van der Waals surface area contributed by atoms with Crippen LogP contribution in [0.2, 0.25) is 0 Å². The molecule has 0 bridgehead atoms. The summed E-state index contributed by atoms with van der Waals surface area (Å²) < 4.78 is 0.779. The van der Waals surface area contributed by atoms with Crippen LogP contribution in [0.15, 0.2) is 64.2 Å². The fourth-order valence-corrected chi connectivity index (χ4v) is 3.05. The van der Waals surface area contributed by atoms with Gasteiger partial charge in [0.2, 0.25) is 5.91 Å². The number of benzene rings is 2. The number of rotatable bonds is 7. The molecule has 0 aliphatic heterocycles. The molecule has 3 aromatic rings. The quantitative estimate of drug-likeness (QED) is 0.443. The van der Waals surface area contributed by atoms with Gasteiger partial charge < -0.3 is 20.5 Å². The number of hydrogen-bond donors (Lipinski definition) is 4. The Bertz CT molecular complexity index is 1150. The molecule has 0 saturated carbocycles. The van der Waals surface area contributed by atoms with Crippen LogP contribution < -0.4 is 16.6 Å². The van der Waals surface area contributed by atoms with Crippen molar-refractivity contribution in [3.63, 3.8) is 0 Å². The summed E-state index contributed by atoms with van der Waals surface area (Å²) in [5.41, 5.74) is -0.462. The minimum Gasteiger partial charge on any atom is -0.480 e. The van der Waals surface area contributed by atoms with E-state index in [0.29, 0.717) is 11.1 Å². The van der Waals surface area contributed by atoms with Crippen LogP contribution in [-0.2, 0) is 16.0 Å². The third kappa shape index (κ3) is 4.25. The molecule has 3 rings (SSSR count). The van der Waals surface area contributed by atoms with Crippen LogP contribution in [0.3, 0.4) is 0 Å². The van der Waals surface area contributed by atoms with Gasteiger partial charge in [-0.3, -0.25) is 9.59 Å². The van der Waals surface area contributed by atoms with E-state index >= 15 is 0 Å². The Morgan fingerprint density at radius 2 is 1.69 bits per heavy atom. The van der Waals surface area contributed by atoms with E-state index in [2.05, 4.69) is 10.3 Å². The number of aliphatic hydroxyl groups is 1. The lowest BCUT2D eigenvalue weighted by atomic mass is 10.0. The molecule has 9 heteroatoms. The molecule has 0 spiro atoms. The van der Waals surface area contributed by atoms with Crippen molar-refractivity contribution >= 4 is 22.8 Å². The van der Waals surface area contributed by atoms with E-state index in [1.165, 1.54) is 6.07 Å². The first-order valence-corrected chi connectivity index (χ1v) is 8.84. The van der Waals surface area contributed by atoms with Gasteiger partial charge in [-0.2, -0.15) is 0 Å². The lowest BCUT2D eigenvalue weighted by Gasteiger charge is -2.21. The number of carboxylic acid groups (broad SMARTS) is 1. The zero-order valence-electron chi connectivity index (χ0n) is 15.2. The predicted molar refractivity (Wildman–Crippen MR) is 105 cm³/mol. The van der Waals surface area contributed by atoms with E-state index in [1.54, 1.807) is 48.5 Å². The number of carbonyl (C=O) groups is 2. The molecule has 2 unspecified atom stereocenters. The highest BCUT2D eigenvalue weighted by atomic mass is 16.4. The van der Waals surface area contributed by atoms with Gasteiger partial charge in [-0.05, 0) is 17.7 Å². The third-order valence-electron chi connectivity index (χ3n) is 4.52. The maximum atomic E-state index is 13.0. The number of aliphatic hydroxyl groups excluding tert-OH is 1. The number of hydrogen-bond acceptors (Lipinski definition) is 5. The second kappa shape index (κ2) is 8.53. The van der Waals surface area contributed by atoms with Gasteiger partial charge in [-0.1, -0.05) is 42.5 Å². The fraction of sp³-hybridized carbons (Fsp3) is 0.200. The molecule has 1 aromatic heterocycles. The maximum Gasteiger partial charge on any atom is 0.329 e. The summed E-state index contributed by atoms with van der Waals surface area (Å²) in [6.45, 7) is -0.831. The van der Waals surface area contributed by atoms with E-state index in [0.717, 1.165) is 4.57 Å². The summed E-state index contributed by atoms with van der Waals surface area (Å²) >= 11 is 0. The van der Waals surface area contributed by atoms with Gasteiger partial charge in [0.25, 0.3) is 5.56 Å². The molecule has 1 amide bonds. The first-order chi connectivity index (χ1) is 13.9. The van der Waals surface area contributed by atoms with Gasteiger partial charge in [-0.15, -0.1) is 0 Å². The van der Waals surface area contributed by atoms with Gasteiger partial charge in [0.1, 0.15) is 12.1 Å². The zero-order valence-corrected chi connectivity index (χ0v) is 15.2. The number of carboxylic acids is 1. The first kappa shape index (κ1) is 20.0. The average Bonchev–Trinajstić information content (AvgIpc) is 2.71. The smallest absolute Gasteiger partial charge is 0.329 e. The highest BCUT2D eigenvalue weighted by Crippen LogP contribution is 2.14. The number of aromatic nitrogens is 2. The van der Waals surface area contributed by atoms with Crippen LogP contribution in [-0.4, -0.2) is 44.3 Å². The Kier molecular flexibility index (Phi) is 5.89.